The van der Waals surface area contributed by atoms with Crippen molar-refractivity contribution in [1.82, 2.24) is 10.2 Å². The zero-order valence-corrected chi connectivity index (χ0v) is 16.2. The zero-order chi connectivity index (χ0) is 18.5. The fourth-order valence-electron chi connectivity index (χ4n) is 3.33. The highest BCUT2D eigenvalue weighted by Crippen LogP contribution is 2.25. The standard InChI is InChI=1S/C21H26ClN3O/c1-16-5-3-4-6-18(16)14-23-21(26)15-24-9-11-25(12-10-24)20-13-19(22)8-7-17(20)2/h3-8,13H,9-12,14-15H2,1-2H3,(H,23,26). The Kier molecular flexibility index (Phi) is 6.17. The molecule has 2 aromatic rings. The topological polar surface area (TPSA) is 35.6 Å². The van der Waals surface area contributed by atoms with Crippen molar-refractivity contribution >= 4 is 23.2 Å². The predicted octanol–water partition coefficient (Wildman–Crippen LogP) is 3.40. The van der Waals surface area contributed by atoms with Crippen LogP contribution in [0.15, 0.2) is 42.5 Å². The molecule has 1 aliphatic heterocycles. The third-order valence-electron chi connectivity index (χ3n) is 4.99. The molecule has 0 spiro atoms. The Hall–Kier alpha value is -2.04. The van der Waals surface area contributed by atoms with Crippen LogP contribution in [0.4, 0.5) is 5.69 Å². The molecule has 0 atom stereocenters. The van der Waals surface area contributed by atoms with E-state index in [0.29, 0.717) is 13.1 Å². The van der Waals surface area contributed by atoms with Crippen molar-refractivity contribution in [2.45, 2.75) is 20.4 Å². The number of nitrogens with zero attached hydrogens (tertiary/aromatic N) is 2. The molecule has 0 aliphatic carbocycles. The molecule has 0 saturated carbocycles. The van der Waals surface area contributed by atoms with Gasteiger partial charge in [0.2, 0.25) is 5.91 Å². The number of aryl methyl sites for hydroxylation is 2. The third-order valence-corrected chi connectivity index (χ3v) is 5.22. The second-order valence-corrected chi connectivity index (χ2v) is 7.33. The van der Waals surface area contributed by atoms with Crippen molar-refractivity contribution in [3.8, 4) is 0 Å². The Morgan fingerprint density at radius 2 is 1.77 bits per heavy atom. The molecule has 1 aliphatic rings. The Balaban J connectivity index is 1.47. The van der Waals surface area contributed by atoms with Crippen molar-refractivity contribution < 1.29 is 4.79 Å². The van der Waals surface area contributed by atoms with E-state index in [9.17, 15) is 4.79 Å². The third kappa shape index (κ3) is 4.77. The summed E-state index contributed by atoms with van der Waals surface area (Å²) in [5.41, 5.74) is 4.81. The predicted molar refractivity (Wildman–Crippen MR) is 108 cm³/mol. The number of rotatable bonds is 5. The maximum Gasteiger partial charge on any atom is 0.234 e. The summed E-state index contributed by atoms with van der Waals surface area (Å²) in [6, 6.07) is 14.2. The fourth-order valence-corrected chi connectivity index (χ4v) is 3.50. The number of benzene rings is 2. The Morgan fingerprint density at radius 1 is 1.04 bits per heavy atom. The average Bonchev–Trinajstić information content (AvgIpc) is 2.64. The molecule has 1 saturated heterocycles. The van der Waals surface area contributed by atoms with Crippen LogP contribution in [0.3, 0.4) is 0 Å². The first-order chi connectivity index (χ1) is 12.5. The first kappa shape index (κ1) is 18.7. The highest BCUT2D eigenvalue weighted by Gasteiger charge is 2.20. The van der Waals surface area contributed by atoms with Crippen molar-refractivity contribution in [3.05, 3.63) is 64.2 Å². The van der Waals surface area contributed by atoms with Gasteiger partial charge in [-0.05, 0) is 42.7 Å². The Morgan fingerprint density at radius 3 is 2.50 bits per heavy atom. The summed E-state index contributed by atoms with van der Waals surface area (Å²) < 4.78 is 0. The second kappa shape index (κ2) is 8.56. The highest BCUT2D eigenvalue weighted by atomic mass is 35.5. The summed E-state index contributed by atoms with van der Waals surface area (Å²) in [4.78, 5) is 16.8. The number of anilines is 1. The lowest BCUT2D eigenvalue weighted by Crippen LogP contribution is -2.49. The van der Waals surface area contributed by atoms with E-state index in [1.807, 2.05) is 24.3 Å². The summed E-state index contributed by atoms with van der Waals surface area (Å²) >= 11 is 6.14. The molecular weight excluding hydrogens is 346 g/mol. The molecule has 3 rings (SSSR count). The molecule has 0 radical (unpaired) electrons. The van der Waals surface area contributed by atoms with Crippen molar-refractivity contribution in [2.75, 3.05) is 37.6 Å². The second-order valence-electron chi connectivity index (χ2n) is 6.90. The van der Waals surface area contributed by atoms with Gasteiger partial charge in [-0.1, -0.05) is 41.9 Å². The number of carbonyl (C=O) groups is 1. The van der Waals surface area contributed by atoms with Crippen LogP contribution in [-0.4, -0.2) is 43.5 Å². The van der Waals surface area contributed by atoms with Gasteiger partial charge >= 0.3 is 0 Å². The lowest BCUT2D eigenvalue weighted by atomic mass is 10.1. The first-order valence-corrected chi connectivity index (χ1v) is 9.45. The number of halogens is 1. The van der Waals surface area contributed by atoms with Crippen LogP contribution >= 0.6 is 11.6 Å². The molecule has 0 aromatic heterocycles. The highest BCUT2D eigenvalue weighted by molar-refractivity contribution is 6.30. The van der Waals surface area contributed by atoms with Gasteiger partial charge in [-0.3, -0.25) is 9.69 Å². The molecule has 4 nitrogen and oxygen atoms in total. The van der Waals surface area contributed by atoms with Gasteiger partial charge in [0.05, 0.1) is 6.54 Å². The van der Waals surface area contributed by atoms with Crippen LogP contribution < -0.4 is 10.2 Å². The number of hydrogen-bond acceptors (Lipinski definition) is 3. The number of carbonyl (C=O) groups excluding carboxylic acids is 1. The van der Waals surface area contributed by atoms with Crippen LogP contribution in [0.5, 0.6) is 0 Å². The van der Waals surface area contributed by atoms with Gasteiger partial charge in [0.15, 0.2) is 0 Å². The molecule has 2 aromatic carbocycles. The number of piperazine rings is 1. The average molecular weight is 372 g/mol. The molecule has 0 bridgehead atoms. The van der Waals surface area contributed by atoms with Gasteiger partial charge in [-0.15, -0.1) is 0 Å². The van der Waals surface area contributed by atoms with E-state index in [2.05, 4.69) is 47.2 Å². The van der Waals surface area contributed by atoms with E-state index in [1.165, 1.54) is 22.4 Å². The summed E-state index contributed by atoms with van der Waals surface area (Å²) in [7, 11) is 0. The van der Waals surface area contributed by atoms with Gasteiger partial charge in [-0.25, -0.2) is 0 Å². The molecule has 1 fully saturated rings. The lowest BCUT2D eigenvalue weighted by molar-refractivity contribution is -0.122. The van der Waals surface area contributed by atoms with E-state index < -0.39 is 0 Å². The molecule has 0 unspecified atom stereocenters. The minimum Gasteiger partial charge on any atom is -0.369 e. The van der Waals surface area contributed by atoms with Gasteiger partial charge in [-0.2, -0.15) is 0 Å². The SMILES string of the molecule is Cc1ccccc1CNC(=O)CN1CCN(c2cc(Cl)ccc2C)CC1. The van der Waals surface area contributed by atoms with Crippen molar-refractivity contribution in [2.24, 2.45) is 0 Å². The Labute approximate surface area is 160 Å². The molecular formula is C21H26ClN3O. The lowest BCUT2D eigenvalue weighted by Gasteiger charge is -2.36. The minimum absolute atomic E-state index is 0.0839. The largest absolute Gasteiger partial charge is 0.369 e. The zero-order valence-electron chi connectivity index (χ0n) is 15.5. The molecule has 1 amide bonds. The van der Waals surface area contributed by atoms with Gasteiger partial charge in [0, 0.05) is 43.4 Å². The summed E-state index contributed by atoms with van der Waals surface area (Å²) in [5.74, 6) is 0.0839. The number of hydrogen-bond donors (Lipinski definition) is 1. The number of nitrogens with one attached hydrogen (secondary N) is 1. The quantitative estimate of drug-likeness (QED) is 0.875. The normalized spacial score (nSPS) is 15.1. The fraction of sp³-hybridized carbons (Fsp3) is 0.381. The van der Waals surface area contributed by atoms with Crippen LogP contribution in [0.2, 0.25) is 5.02 Å². The number of amides is 1. The van der Waals surface area contributed by atoms with Crippen LogP contribution in [0, 0.1) is 13.8 Å². The summed E-state index contributed by atoms with van der Waals surface area (Å²) in [5, 5.41) is 3.80. The van der Waals surface area contributed by atoms with Crippen LogP contribution in [0.1, 0.15) is 16.7 Å². The summed E-state index contributed by atoms with van der Waals surface area (Å²) in [6.07, 6.45) is 0. The monoisotopic (exact) mass is 371 g/mol. The maximum absolute atomic E-state index is 12.3. The van der Waals surface area contributed by atoms with Crippen molar-refractivity contribution in [1.29, 1.82) is 0 Å². The van der Waals surface area contributed by atoms with Gasteiger partial charge in [0.25, 0.3) is 0 Å². The first-order valence-electron chi connectivity index (χ1n) is 9.07. The van der Waals surface area contributed by atoms with E-state index in [-0.39, 0.29) is 5.91 Å². The van der Waals surface area contributed by atoms with E-state index >= 15 is 0 Å². The smallest absolute Gasteiger partial charge is 0.234 e. The minimum atomic E-state index is 0.0839. The molecule has 138 valence electrons. The van der Waals surface area contributed by atoms with Gasteiger partial charge < -0.3 is 10.2 Å². The molecule has 26 heavy (non-hydrogen) atoms. The van der Waals surface area contributed by atoms with E-state index in [4.69, 9.17) is 11.6 Å². The molecule has 5 heteroatoms. The van der Waals surface area contributed by atoms with Crippen LogP contribution in [-0.2, 0) is 11.3 Å². The maximum atomic E-state index is 12.3. The van der Waals surface area contributed by atoms with Gasteiger partial charge in [0.1, 0.15) is 0 Å². The Bertz CT molecular complexity index is 770. The van der Waals surface area contributed by atoms with E-state index in [0.717, 1.165) is 31.2 Å². The molecule has 1 N–H and O–H groups in total. The summed E-state index contributed by atoms with van der Waals surface area (Å²) in [6.45, 7) is 8.79. The van der Waals surface area contributed by atoms with Crippen LogP contribution in [0.25, 0.3) is 0 Å². The van der Waals surface area contributed by atoms with Crippen molar-refractivity contribution in [3.63, 3.8) is 0 Å². The molecule has 1 heterocycles. The van der Waals surface area contributed by atoms with E-state index in [1.54, 1.807) is 0 Å².